The molecular formula is C25H24N4O4. The molecule has 3 aromatic rings. The third-order valence-electron chi connectivity index (χ3n) is 6.01. The van der Waals surface area contributed by atoms with Gasteiger partial charge in [-0.25, -0.2) is 9.48 Å². The van der Waals surface area contributed by atoms with E-state index in [2.05, 4.69) is 5.32 Å². The Bertz CT molecular complexity index is 1290. The van der Waals surface area contributed by atoms with Crippen LogP contribution < -0.4 is 15.8 Å². The van der Waals surface area contributed by atoms with Crippen LogP contribution in [-0.4, -0.2) is 28.3 Å². The van der Waals surface area contributed by atoms with Gasteiger partial charge in [-0.05, 0) is 31.5 Å². The number of rotatable bonds is 5. The molecule has 0 saturated heterocycles. The molecule has 0 fully saturated rings. The lowest BCUT2D eigenvalue weighted by Gasteiger charge is -2.34. The fourth-order valence-electron chi connectivity index (χ4n) is 4.75. The minimum absolute atomic E-state index is 0.0238. The number of nitrogens with two attached hydrogens (primary N) is 1. The lowest BCUT2D eigenvalue weighted by molar-refractivity contribution is -0.140. The maximum Gasteiger partial charge on any atom is 0.341 e. The monoisotopic (exact) mass is 444 g/mol. The van der Waals surface area contributed by atoms with Crippen LogP contribution in [0, 0.1) is 0 Å². The molecule has 1 unspecified atom stereocenters. The second kappa shape index (κ2) is 7.81. The van der Waals surface area contributed by atoms with Gasteiger partial charge in [-0.3, -0.25) is 4.79 Å². The van der Waals surface area contributed by atoms with Gasteiger partial charge in [0.1, 0.15) is 11.0 Å². The fourth-order valence-corrected chi connectivity index (χ4v) is 4.75. The predicted molar refractivity (Wildman–Crippen MR) is 122 cm³/mol. The normalized spacial score (nSPS) is 18.5. The Morgan fingerprint density at radius 2 is 1.88 bits per heavy atom. The molecule has 3 N–H and O–H groups in total. The van der Waals surface area contributed by atoms with E-state index >= 15 is 0 Å². The number of esters is 1. The summed E-state index contributed by atoms with van der Waals surface area (Å²) in [5, 5.41) is 7.77. The molecule has 2 aromatic carbocycles. The van der Waals surface area contributed by atoms with Gasteiger partial charge in [0.15, 0.2) is 0 Å². The van der Waals surface area contributed by atoms with Crippen molar-refractivity contribution in [3.63, 3.8) is 0 Å². The predicted octanol–water partition coefficient (Wildman–Crippen LogP) is 3.19. The van der Waals surface area contributed by atoms with Crippen LogP contribution in [0.25, 0.3) is 5.69 Å². The number of nitrogens with one attached hydrogen (secondary N) is 1. The Balaban J connectivity index is 1.89. The SMILES string of the molecule is CCCc1nn(-c2ccccc2)c2c1C1(C(=O)Nc3ccccc31)C(C(=O)OCC)=C(N)O2. The van der Waals surface area contributed by atoms with Crippen molar-refractivity contribution < 1.29 is 19.1 Å². The zero-order valence-electron chi connectivity index (χ0n) is 18.4. The molecule has 0 aliphatic carbocycles. The van der Waals surface area contributed by atoms with Crippen molar-refractivity contribution in [3.05, 3.63) is 82.9 Å². The van der Waals surface area contributed by atoms with E-state index in [9.17, 15) is 9.59 Å². The first-order valence-corrected chi connectivity index (χ1v) is 11.0. The van der Waals surface area contributed by atoms with Crippen LogP contribution in [0.2, 0.25) is 0 Å². The molecule has 0 bridgehead atoms. The summed E-state index contributed by atoms with van der Waals surface area (Å²) in [6, 6.07) is 16.8. The molecule has 1 aromatic heterocycles. The molecule has 0 radical (unpaired) electrons. The first kappa shape index (κ1) is 20.8. The largest absolute Gasteiger partial charge is 0.462 e. The summed E-state index contributed by atoms with van der Waals surface area (Å²) >= 11 is 0. The van der Waals surface area contributed by atoms with Gasteiger partial charge < -0.3 is 20.5 Å². The highest BCUT2D eigenvalue weighted by molar-refractivity contribution is 6.17. The number of hydrogen-bond donors (Lipinski definition) is 2. The molecule has 168 valence electrons. The zero-order chi connectivity index (χ0) is 23.2. The Morgan fingerprint density at radius 1 is 1.15 bits per heavy atom. The molecule has 1 atom stereocenters. The van der Waals surface area contributed by atoms with Gasteiger partial charge in [-0.1, -0.05) is 49.7 Å². The van der Waals surface area contributed by atoms with Crippen LogP contribution in [0.4, 0.5) is 5.69 Å². The van der Waals surface area contributed by atoms with Gasteiger partial charge >= 0.3 is 5.97 Å². The maximum absolute atomic E-state index is 13.8. The minimum Gasteiger partial charge on any atom is -0.462 e. The highest BCUT2D eigenvalue weighted by Gasteiger charge is 2.61. The van der Waals surface area contributed by atoms with Crippen molar-refractivity contribution in [1.29, 1.82) is 0 Å². The minimum atomic E-state index is -1.53. The van der Waals surface area contributed by atoms with E-state index in [1.165, 1.54) is 0 Å². The smallest absolute Gasteiger partial charge is 0.341 e. The highest BCUT2D eigenvalue weighted by Crippen LogP contribution is 2.55. The van der Waals surface area contributed by atoms with Crippen LogP contribution in [0.5, 0.6) is 5.88 Å². The molecule has 1 spiro atoms. The molecule has 8 nitrogen and oxygen atoms in total. The Hall–Kier alpha value is -4.07. The molecular weight excluding hydrogens is 420 g/mol. The second-order valence-electron chi connectivity index (χ2n) is 7.94. The van der Waals surface area contributed by atoms with Crippen LogP contribution in [0.3, 0.4) is 0 Å². The number of benzene rings is 2. The maximum atomic E-state index is 13.8. The standard InChI is InChI=1S/C25H24N4O4/c1-3-10-18-19-22(29(28-18)15-11-6-5-7-12-15)33-21(26)20(23(30)32-4-2)25(19)16-13-8-9-14-17(16)27-24(25)31/h5-9,11-14H,3-4,10,26H2,1-2H3,(H,27,31). The van der Waals surface area contributed by atoms with E-state index in [4.69, 9.17) is 20.3 Å². The first-order valence-electron chi connectivity index (χ1n) is 11.0. The molecule has 5 rings (SSSR count). The molecule has 3 heterocycles. The molecule has 2 aliphatic rings. The van der Waals surface area contributed by atoms with Crippen LogP contribution >= 0.6 is 0 Å². The number of hydrogen-bond acceptors (Lipinski definition) is 6. The van der Waals surface area contributed by atoms with Gasteiger partial charge in [0, 0.05) is 11.3 Å². The quantitative estimate of drug-likeness (QED) is 0.585. The summed E-state index contributed by atoms with van der Waals surface area (Å²) in [6.07, 6.45) is 1.37. The number of carbonyl (C=O) groups excluding carboxylic acids is 2. The Kier molecular flexibility index (Phi) is 4.92. The van der Waals surface area contributed by atoms with Gasteiger partial charge in [0.25, 0.3) is 0 Å². The van der Waals surface area contributed by atoms with Crippen molar-refractivity contribution >= 4 is 17.6 Å². The summed E-state index contributed by atoms with van der Waals surface area (Å²) in [7, 11) is 0. The van der Waals surface area contributed by atoms with Gasteiger partial charge in [0.2, 0.25) is 17.7 Å². The van der Waals surface area contributed by atoms with E-state index < -0.39 is 11.4 Å². The molecule has 2 aliphatic heterocycles. The van der Waals surface area contributed by atoms with E-state index in [0.717, 1.165) is 12.1 Å². The topological polar surface area (TPSA) is 108 Å². The van der Waals surface area contributed by atoms with E-state index in [1.54, 1.807) is 17.7 Å². The van der Waals surface area contributed by atoms with E-state index in [1.807, 2.05) is 55.5 Å². The number of para-hydroxylation sites is 2. The molecule has 1 amide bonds. The lowest BCUT2D eigenvalue weighted by Crippen LogP contribution is -2.46. The van der Waals surface area contributed by atoms with Crippen molar-refractivity contribution in [1.82, 2.24) is 9.78 Å². The average molecular weight is 444 g/mol. The summed E-state index contributed by atoms with van der Waals surface area (Å²) < 4.78 is 13.0. The third-order valence-corrected chi connectivity index (χ3v) is 6.01. The number of amides is 1. The van der Waals surface area contributed by atoms with Gasteiger partial charge in [0.05, 0.1) is 23.6 Å². The average Bonchev–Trinajstić information content (AvgIpc) is 3.31. The number of carbonyl (C=O) groups is 2. The Labute approximate surface area is 191 Å². The van der Waals surface area contributed by atoms with Crippen molar-refractivity contribution in [2.45, 2.75) is 32.1 Å². The number of anilines is 1. The molecule has 33 heavy (non-hydrogen) atoms. The molecule has 0 saturated carbocycles. The second-order valence-corrected chi connectivity index (χ2v) is 7.94. The van der Waals surface area contributed by atoms with E-state index in [0.29, 0.717) is 34.8 Å². The third kappa shape index (κ3) is 2.87. The van der Waals surface area contributed by atoms with Crippen LogP contribution in [-0.2, 0) is 26.2 Å². The fraction of sp³-hybridized carbons (Fsp3) is 0.240. The summed E-state index contributed by atoms with van der Waals surface area (Å²) in [5.41, 5.74) is 7.98. The number of aromatic nitrogens is 2. The van der Waals surface area contributed by atoms with E-state index in [-0.39, 0.29) is 24.0 Å². The lowest BCUT2D eigenvalue weighted by atomic mass is 9.68. The number of nitrogens with zero attached hydrogens (tertiary/aromatic N) is 2. The zero-order valence-corrected chi connectivity index (χ0v) is 18.4. The summed E-state index contributed by atoms with van der Waals surface area (Å²) in [5.74, 6) is -0.929. The molecule has 8 heteroatoms. The van der Waals surface area contributed by atoms with Crippen LogP contribution in [0.1, 0.15) is 37.1 Å². The number of ether oxygens (including phenoxy) is 2. The van der Waals surface area contributed by atoms with Crippen molar-refractivity contribution in [2.24, 2.45) is 5.73 Å². The van der Waals surface area contributed by atoms with Crippen molar-refractivity contribution in [3.8, 4) is 11.6 Å². The number of aryl methyl sites for hydroxylation is 1. The summed E-state index contributed by atoms with van der Waals surface area (Å²) in [6.45, 7) is 3.87. The highest BCUT2D eigenvalue weighted by atomic mass is 16.5. The Morgan fingerprint density at radius 3 is 2.61 bits per heavy atom. The number of fused-ring (bicyclic) bond motifs is 4. The van der Waals surface area contributed by atoms with Gasteiger partial charge in [-0.2, -0.15) is 5.10 Å². The van der Waals surface area contributed by atoms with Gasteiger partial charge in [-0.15, -0.1) is 0 Å². The van der Waals surface area contributed by atoms with Crippen LogP contribution in [0.15, 0.2) is 66.1 Å². The van der Waals surface area contributed by atoms with Crippen molar-refractivity contribution in [2.75, 3.05) is 11.9 Å². The first-order chi connectivity index (χ1) is 16.0. The summed E-state index contributed by atoms with van der Waals surface area (Å²) in [4.78, 5) is 27.1.